The lowest BCUT2D eigenvalue weighted by Gasteiger charge is -2.22. The first-order valence-electron chi connectivity index (χ1n) is 6.56. The molecule has 0 saturated carbocycles. The Morgan fingerprint density at radius 3 is 2.00 bits per heavy atom. The molecule has 0 aromatic carbocycles. The van der Waals surface area contributed by atoms with Crippen molar-refractivity contribution in [1.29, 1.82) is 0 Å². The van der Waals surface area contributed by atoms with Crippen LogP contribution in [0.25, 0.3) is 0 Å². The summed E-state index contributed by atoms with van der Waals surface area (Å²) in [5, 5.41) is 13.8. The molecule has 1 unspecified atom stereocenters. The van der Waals surface area contributed by atoms with Crippen molar-refractivity contribution in [3.8, 4) is 0 Å². The summed E-state index contributed by atoms with van der Waals surface area (Å²) in [5.74, 6) is -1.71. The molecule has 0 aliphatic rings. The number of carboxylic acids is 1. The maximum atomic E-state index is 11.8. The SMILES string of the molecule is COC(=O)C(NC(=O)N[C@@H](CC(C)C)C(=O)O)C(C)C. The molecule has 0 aliphatic carbocycles. The van der Waals surface area contributed by atoms with E-state index in [1.807, 2.05) is 13.8 Å². The smallest absolute Gasteiger partial charge is 0.328 e. The lowest BCUT2D eigenvalue weighted by Crippen LogP contribution is -2.53. The summed E-state index contributed by atoms with van der Waals surface area (Å²) in [4.78, 5) is 34.3. The van der Waals surface area contributed by atoms with E-state index in [0.717, 1.165) is 0 Å². The Labute approximate surface area is 119 Å². The van der Waals surface area contributed by atoms with Crippen LogP contribution in [0, 0.1) is 11.8 Å². The van der Waals surface area contributed by atoms with Crippen LogP contribution in [-0.4, -0.2) is 42.3 Å². The van der Waals surface area contributed by atoms with Crippen molar-refractivity contribution < 1.29 is 24.2 Å². The van der Waals surface area contributed by atoms with E-state index in [4.69, 9.17) is 5.11 Å². The predicted molar refractivity (Wildman–Crippen MR) is 73.2 cm³/mol. The standard InChI is InChI=1S/C13H24N2O5/c1-7(2)6-9(11(16)17)14-13(19)15-10(8(3)4)12(18)20-5/h7-10H,6H2,1-5H3,(H,16,17)(H2,14,15,19)/t9-,10?/m0/s1. The third-order valence-electron chi connectivity index (χ3n) is 2.72. The Balaban J connectivity index is 4.64. The number of amides is 2. The fourth-order valence-corrected chi connectivity index (χ4v) is 1.66. The van der Waals surface area contributed by atoms with Gasteiger partial charge < -0.3 is 20.5 Å². The molecule has 0 rings (SSSR count). The van der Waals surface area contributed by atoms with Crippen molar-refractivity contribution in [3.63, 3.8) is 0 Å². The molecule has 116 valence electrons. The van der Waals surface area contributed by atoms with E-state index in [-0.39, 0.29) is 11.8 Å². The van der Waals surface area contributed by atoms with E-state index in [2.05, 4.69) is 15.4 Å². The molecule has 0 spiro atoms. The summed E-state index contributed by atoms with van der Waals surface area (Å²) < 4.78 is 4.59. The minimum absolute atomic E-state index is 0.123. The number of aliphatic carboxylic acids is 1. The third-order valence-corrected chi connectivity index (χ3v) is 2.72. The summed E-state index contributed by atoms with van der Waals surface area (Å²) in [5.41, 5.74) is 0. The number of urea groups is 1. The Morgan fingerprint density at radius 1 is 1.10 bits per heavy atom. The lowest BCUT2D eigenvalue weighted by atomic mass is 10.0. The van der Waals surface area contributed by atoms with Gasteiger partial charge in [0.2, 0.25) is 0 Å². The average molecular weight is 288 g/mol. The van der Waals surface area contributed by atoms with Crippen molar-refractivity contribution in [2.75, 3.05) is 7.11 Å². The number of carboxylic acid groups (broad SMARTS) is 1. The zero-order valence-corrected chi connectivity index (χ0v) is 12.6. The second-order valence-electron chi connectivity index (χ2n) is 5.38. The van der Waals surface area contributed by atoms with E-state index < -0.39 is 30.1 Å². The fourth-order valence-electron chi connectivity index (χ4n) is 1.66. The maximum absolute atomic E-state index is 11.8. The molecule has 0 saturated heterocycles. The van der Waals surface area contributed by atoms with Crippen molar-refractivity contribution in [3.05, 3.63) is 0 Å². The molecule has 0 aliphatic heterocycles. The molecule has 3 N–H and O–H groups in total. The van der Waals surface area contributed by atoms with Crippen LogP contribution in [0.2, 0.25) is 0 Å². The first-order chi connectivity index (χ1) is 9.18. The van der Waals surface area contributed by atoms with Gasteiger partial charge >= 0.3 is 18.0 Å². The fraction of sp³-hybridized carbons (Fsp3) is 0.769. The van der Waals surface area contributed by atoms with Crippen LogP contribution in [-0.2, 0) is 14.3 Å². The lowest BCUT2D eigenvalue weighted by molar-refractivity contribution is -0.144. The second kappa shape index (κ2) is 8.39. The van der Waals surface area contributed by atoms with Crippen molar-refractivity contribution in [2.45, 2.75) is 46.2 Å². The summed E-state index contributed by atoms with van der Waals surface area (Å²) in [6.45, 7) is 7.23. The van der Waals surface area contributed by atoms with Gasteiger partial charge in [-0.05, 0) is 18.3 Å². The van der Waals surface area contributed by atoms with E-state index in [1.165, 1.54) is 7.11 Å². The van der Waals surface area contributed by atoms with Gasteiger partial charge in [0.05, 0.1) is 7.11 Å². The van der Waals surface area contributed by atoms with Crippen LogP contribution in [0.3, 0.4) is 0 Å². The number of carbonyl (C=O) groups is 3. The van der Waals surface area contributed by atoms with Crippen LogP contribution >= 0.6 is 0 Å². The summed E-state index contributed by atoms with van der Waals surface area (Å²) >= 11 is 0. The number of hydrogen-bond acceptors (Lipinski definition) is 4. The number of hydrogen-bond donors (Lipinski definition) is 3. The molecule has 2 amide bonds. The Bertz CT molecular complexity index is 355. The summed E-state index contributed by atoms with van der Waals surface area (Å²) in [6.07, 6.45) is 0.313. The highest BCUT2D eigenvalue weighted by molar-refractivity contribution is 5.86. The molecule has 7 heteroatoms. The molecule has 0 fully saturated rings. The molecule has 7 nitrogen and oxygen atoms in total. The molecule has 0 aromatic rings. The summed E-state index contributed by atoms with van der Waals surface area (Å²) in [6, 6.07) is -2.49. The minimum atomic E-state index is -1.10. The van der Waals surface area contributed by atoms with E-state index in [0.29, 0.717) is 6.42 Å². The minimum Gasteiger partial charge on any atom is -0.480 e. The highest BCUT2D eigenvalue weighted by atomic mass is 16.5. The largest absolute Gasteiger partial charge is 0.480 e. The number of esters is 1. The van der Waals surface area contributed by atoms with E-state index >= 15 is 0 Å². The Hall–Kier alpha value is -1.79. The average Bonchev–Trinajstić information content (AvgIpc) is 2.33. The number of methoxy groups -OCH3 is 1. The predicted octanol–water partition coefficient (Wildman–Crippen LogP) is 0.982. The van der Waals surface area contributed by atoms with Crippen molar-refractivity contribution >= 4 is 18.0 Å². The highest BCUT2D eigenvalue weighted by Gasteiger charge is 2.27. The van der Waals surface area contributed by atoms with Gasteiger partial charge in [0.25, 0.3) is 0 Å². The first kappa shape index (κ1) is 18.2. The zero-order valence-electron chi connectivity index (χ0n) is 12.6. The van der Waals surface area contributed by atoms with Gasteiger partial charge in [-0.15, -0.1) is 0 Å². The highest BCUT2D eigenvalue weighted by Crippen LogP contribution is 2.06. The normalized spacial score (nSPS) is 13.8. The maximum Gasteiger partial charge on any atom is 0.328 e. The van der Waals surface area contributed by atoms with Crippen LogP contribution in [0.1, 0.15) is 34.1 Å². The molecule has 2 atom stereocenters. The molecule has 20 heavy (non-hydrogen) atoms. The Morgan fingerprint density at radius 2 is 1.65 bits per heavy atom. The van der Waals surface area contributed by atoms with Gasteiger partial charge in [0.1, 0.15) is 12.1 Å². The molecule has 0 bridgehead atoms. The number of carbonyl (C=O) groups excluding carboxylic acids is 2. The van der Waals surface area contributed by atoms with Gasteiger partial charge in [-0.3, -0.25) is 0 Å². The van der Waals surface area contributed by atoms with Crippen LogP contribution in [0.4, 0.5) is 4.79 Å². The van der Waals surface area contributed by atoms with Gasteiger partial charge in [-0.2, -0.15) is 0 Å². The molecule has 0 aromatic heterocycles. The molecule has 0 radical (unpaired) electrons. The van der Waals surface area contributed by atoms with Gasteiger partial charge in [0.15, 0.2) is 0 Å². The number of nitrogens with one attached hydrogen (secondary N) is 2. The number of rotatable bonds is 7. The number of ether oxygens (including phenoxy) is 1. The third kappa shape index (κ3) is 6.40. The monoisotopic (exact) mass is 288 g/mol. The van der Waals surface area contributed by atoms with Crippen LogP contribution in [0.5, 0.6) is 0 Å². The van der Waals surface area contributed by atoms with Gasteiger partial charge in [0, 0.05) is 0 Å². The molecular formula is C13H24N2O5. The Kier molecular flexibility index (Phi) is 7.64. The van der Waals surface area contributed by atoms with Crippen molar-refractivity contribution in [1.82, 2.24) is 10.6 Å². The van der Waals surface area contributed by atoms with Crippen LogP contribution < -0.4 is 10.6 Å². The van der Waals surface area contributed by atoms with Gasteiger partial charge in [-0.25, -0.2) is 14.4 Å². The molecular weight excluding hydrogens is 264 g/mol. The molecule has 0 heterocycles. The quantitative estimate of drug-likeness (QED) is 0.606. The van der Waals surface area contributed by atoms with E-state index in [9.17, 15) is 14.4 Å². The van der Waals surface area contributed by atoms with Crippen molar-refractivity contribution in [2.24, 2.45) is 11.8 Å². The first-order valence-corrected chi connectivity index (χ1v) is 6.56. The second-order valence-corrected chi connectivity index (χ2v) is 5.38. The topological polar surface area (TPSA) is 105 Å². The summed E-state index contributed by atoms with van der Waals surface area (Å²) in [7, 11) is 1.23. The van der Waals surface area contributed by atoms with Gasteiger partial charge in [-0.1, -0.05) is 27.7 Å². The van der Waals surface area contributed by atoms with Crippen LogP contribution in [0.15, 0.2) is 0 Å². The van der Waals surface area contributed by atoms with E-state index in [1.54, 1.807) is 13.8 Å². The zero-order chi connectivity index (χ0) is 15.9.